The summed E-state index contributed by atoms with van der Waals surface area (Å²) < 4.78 is 0. The van der Waals surface area contributed by atoms with Gasteiger partial charge in [-0.1, -0.05) is 0 Å². The van der Waals surface area contributed by atoms with E-state index in [9.17, 15) is 0 Å². The molecular formula is C3H10ClNNa. The van der Waals surface area contributed by atoms with Crippen molar-refractivity contribution in [2.75, 3.05) is 21.1 Å². The standard InChI is InChI=1S/C3H9N.ClH.Na/c1-4(2)3;;/h1-3H3;1H;. The molecule has 0 saturated carbocycles. The average Bonchev–Trinajstić information content (AvgIpc) is 0.811. The van der Waals surface area contributed by atoms with E-state index >= 15 is 0 Å². The Kier molecular flexibility index (Phi) is 24.9. The summed E-state index contributed by atoms with van der Waals surface area (Å²) in [6, 6.07) is 0. The Hall–Kier alpha value is 1.25. The van der Waals surface area contributed by atoms with Crippen molar-refractivity contribution in [3.05, 3.63) is 0 Å². The van der Waals surface area contributed by atoms with Crippen LogP contribution in [0.3, 0.4) is 0 Å². The van der Waals surface area contributed by atoms with Gasteiger partial charge in [0.1, 0.15) is 0 Å². The van der Waals surface area contributed by atoms with Crippen LogP contribution in [0.2, 0.25) is 0 Å². The van der Waals surface area contributed by atoms with Crippen LogP contribution in [-0.2, 0) is 0 Å². The molecule has 3 heteroatoms. The van der Waals surface area contributed by atoms with E-state index in [1.807, 2.05) is 0 Å². The fraction of sp³-hybridized carbons (Fsp3) is 1.00. The van der Waals surface area contributed by atoms with E-state index in [4.69, 9.17) is 0 Å². The first-order valence-electron chi connectivity index (χ1n) is 1.50. The predicted molar refractivity (Wildman–Crippen MR) is 24.5 cm³/mol. The Morgan fingerprint density at radius 3 is 1.00 bits per heavy atom. The number of quaternary nitrogens is 1. The Labute approximate surface area is 67.8 Å². The summed E-state index contributed by atoms with van der Waals surface area (Å²) in [5.74, 6) is 0. The SMILES string of the molecule is C[NH+](C)C.[Cl-].[Na]. The number of halogens is 1. The topological polar surface area (TPSA) is 4.44 Å². The molecule has 0 heterocycles. The number of hydrogen-bond donors (Lipinski definition) is 1. The van der Waals surface area contributed by atoms with Crippen LogP contribution in [0, 0.1) is 0 Å². The van der Waals surface area contributed by atoms with Crippen molar-refractivity contribution in [2.45, 2.75) is 0 Å². The maximum atomic E-state index is 2.08. The van der Waals surface area contributed by atoms with Crippen LogP contribution in [0.4, 0.5) is 0 Å². The number of rotatable bonds is 0. The van der Waals surface area contributed by atoms with Crippen LogP contribution in [0.25, 0.3) is 0 Å². The number of nitrogens with one attached hydrogen (secondary N) is 1. The molecule has 35 valence electrons. The van der Waals surface area contributed by atoms with Gasteiger partial charge < -0.3 is 17.3 Å². The van der Waals surface area contributed by atoms with Crippen molar-refractivity contribution in [3.63, 3.8) is 0 Å². The molecule has 0 bridgehead atoms. The molecule has 0 aromatic carbocycles. The molecule has 0 aliphatic carbocycles. The fourth-order valence-electron chi connectivity index (χ4n) is 0. The summed E-state index contributed by atoms with van der Waals surface area (Å²) in [4.78, 5) is 1.42. The van der Waals surface area contributed by atoms with E-state index in [2.05, 4.69) is 21.1 Å². The van der Waals surface area contributed by atoms with Crippen molar-refractivity contribution < 1.29 is 17.3 Å². The van der Waals surface area contributed by atoms with E-state index in [0.29, 0.717) is 0 Å². The molecule has 0 spiro atoms. The molecule has 1 nitrogen and oxygen atoms in total. The summed E-state index contributed by atoms with van der Waals surface area (Å²) in [5.41, 5.74) is 0. The molecule has 0 aliphatic heterocycles. The summed E-state index contributed by atoms with van der Waals surface area (Å²) in [6.45, 7) is 0. The Morgan fingerprint density at radius 2 is 1.00 bits per heavy atom. The van der Waals surface area contributed by atoms with Crippen LogP contribution < -0.4 is 17.3 Å². The molecule has 0 rings (SSSR count). The zero-order valence-corrected chi connectivity index (χ0v) is 7.63. The van der Waals surface area contributed by atoms with Crippen molar-refractivity contribution in [3.8, 4) is 0 Å². The van der Waals surface area contributed by atoms with Crippen LogP contribution in [-0.4, -0.2) is 50.7 Å². The smallest absolute Gasteiger partial charge is 0.0661 e. The van der Waals surface area contributed by atoms with Gasteiger partial charge in [0.05, 0.1) is 21.1 Å². The van der Waals surface area contributed by atoms with Gasteiger partial charge in [0, 0.05) is 29.6 Å². The van der Waals surface area contributed by atoms with E-state index in [1.165, 1.54) is 4.90 Å². The third-order valence-electron chi connectivity index (χ3n) is 0. The van der Waals surface area contributed by atoms with Gasteiger partial charge in [0.15, 0.2) is 0 Å². The maximum absolute atomic E-state index is 2.08. The molecule has 0 unspecified atom stereocenters. The quantitative estimate of drug-likeness (QED) is 0.306. The number of hydrogen-bond acceptors (Lipinski definition) is 0. The normalized spacial score (nSPS) is 6.00. The molecule has 0 aromatic rings. The summed E-state index contributed by atoms with van der Waals surface area (Å²) in [5, 5.41) is 0. The van der Waals surface area contributed by atoms with Gasteiger partial charge in [-0.05, 0) is 0 Å². The minimum absolute atomic E-state index is 0. The van der Waals surface area contributed by atoms with Crippen molar-refractivity contribution in [1.29, 1.82) is 0 Å². The zero-order chi connectivity index (χ0) is 3.58. The molecule has 0 aliphatic rings. The van der Waals surface area contributed by atoms with Crippen molar-refractivity contribution >= 4 is 29.6 Å². The van der Waals surface area contributed by atoms with Gasteiger partial charge in [-0.2, -0.15) is 0 Å². The predicted octanol–water partition coefficient (Wildman–Crippen LogP) is -4.62. The first-order chi connectivity index (χ1) is 1.73. The Morgan fingerprint density at radius 1 is 1.00 bits per heavy atom. The average molecular weight is 119 g/mol. The van der Waals surface area contributed by atoms with E-state index < -0.39 is 0 Å². The van der Waals surface area contributed by atoms with E-state index in [-0.39, 0.29) is 42.0 Å². The second kappa shape index (κ2) is 9.54. The second-order valence-corrected chi connectivity index (χ2v) is 1.50. The largest absolute Gasteiger partial charge is 1.00 e. The molecule has 0 saturated heterocycles. The third kappa shape index (κ3) is 60.7. The Bertz CT molecular complexity index is 15.5. The first-order valence-corrected chi connectivity index (χ1v) is 1.50. The van der Waals surface area contributed by atoms with Gasteiger partial charge in [-0.25, -0.2) is 0 Å². The van der Waals surface area contributed by atoms with Crippen LogP contribution in [0.1, 0.15) is 0 Å². The third-order valence-corrected chi connectivity index (χ3v) is 0. The minimum atomic E-state index is 0. The van der Waals surface area contributed by atoms with Gasteiger partial charge >= 0.3 is 0 Å². The summed E-state index contributed by atoms with van der Waals surface area (Å²) >= 11 is 0. The van der Waals surface area contributed by atoms with Gasteiger partial charge in [0.25, 0.3) is 0 Å². The van der Waals surface area contributed by atoms with E-state index in [1.54, 1.807) is 0 Å². The van der Waals surface area contributed by atoms with E-state index in [0.717, 1.165) is 0 Å². The van der Waals surface area contributed by atoms with Crippen LogP contribution in [0.15, 0.2) is 0 Å². The van der Waals surface area contributed by atoms with Crippen LogP contribution in [0.5, 0.6) is 0 Å². The molecular weight excluding hydrogens is 108 g/mol. The molecule has 1 radical (unpaired) electrons. The second-order valence-electron chi connectivity index (χ2n) is 1.50. The summed E-state index contributed by atoms with van der Waals surface area (Å²) in [7, 11) is 6.25. The van der Waals surface area contributed by atoms with Crippen molar-refractivity contribution in [1.82, 2.24) is 0 Å². The first kappa shape index (κ1) is 15.7. The molecule has 0 amide bonds. The van der Waals surface area contributed by atoms with Crippen molar-refractivity contribution in [2.24, 2.45) is 0 Å². The molecule has 0 aromatic heterocycles. The van der Waals surface area contributed by atoms with Crippen LogP contribution >= 0.6 is 0 Å². The zero-order valence-electron chi connectivity index (χ0n) is 4.88. The fourth-order valence-corrected chi connectivity index (χ4v) is 0. The van der Waals surface area contributed by atoms with Gasteiger partial charge in [-0.15, -0.1) is 0 Å². The molecule has 1 N–H and O–H groups in total. The Balaban J connectivity index is -0.0000000450. The minimum Gasteiger partial charge on any atom is -1.00 e. The molecule has 6 heavy (non-hydrogen) atoms. The molecule has 0 fully saturated rings. The van der Waals surface area contributed by atoms with Gasteiger partial charge in [-0.3, -0.25) is 0 Å². The summed E-state index contributed by atoms with van der Waals surface area (Å²) in [6.07, 6.45) is 0. The molecule has 0 atom stereocenters. The van der Waals surface area contributed by atoms with Gasteiger partial charge in [0.2, 0.25) is 0 Å². The monoisotopic (exact) mass is 118 g/mol. The maximum Gasteiger partial charge on any atom is 0.0661 e.